The zero-order valence-corrected chi connectivity index (χ0v) is 12.4. The molecule has 4 heteroatoms. The smallest absolute Gasteiger partial charge is 0.272 e. The number of rotatable bonds is 4. The third-order valence-electron chi connectivity index (χ3n) is 4.06. The van der Waals surface area contributed by atoms with E-state index < -0.39 is 0 Å². The van der Waals surface area contributed by atoms with Crippen molar-refractivity contribution in [2.75, 3.05) is 0 Å². The molecule has 21 heavy (non-hydrogen) atoms. The van der Waals surface area contributed by atoms with Crippen LogP contribution < -0.4 is 5.32 Å². The maximum absolute atomic E-state index is 12.2. The van der Waals surface area contributed by atoms with E-state index in [1.165, 1.54) is 11.1 Å². The van der Waals surface area contributed by atoms with Crippen LogP contribution in [-0.4, -0.2) is 22.1 Å². The minimum Gasteiger partial charge on any atom is -0.348 e. The van der Waals surface area contributed by atoms with Gasteiger partial charge in [0, 0.05) is 11.7 Å². The molecule has 0 saturated heterocycles. The summed E-state index contributed by atoms with van der Waals surface area (Å²) < 4.78 is 0. The zero-order chi connectivity index (χ0) is 14.7. The first-order valence-electron chi connectivity index (χ1n) is 7.68. The molecule has 1 atom stereocenters. The third kappa shape index (κ3) is 3.15. The van der Waals surface area contributed by atoms with Gasteiger partial charge in [-0.05, 0) is 42.9 Å². The zero-order valence-electron chi connectivity index (χ0n) is 12.4. The fourth-order valence-corrected chi connectivity index (χ4v) is 2.96. The van der Waals surface area contributed by atoms with E-state index in [-0.39, 0.29) is 11.9 Å². The highest BCUT2D eigenvalue weighted by Gasteiger charge is 2.21. The number of aryl methyl sites for hydroxylation is 2. The molecule has 0 bridgehead atoms. The molecule has 1 aromatic carbocycles. The van der Waals surface area contributed by atoms with Gasteiger partial charge in [-0.25, -0.2) is 0 Å². The van der Waals surface area contributed by atoms with Crippen molar-refractivity contribution < 1.29 is 4.79 Å². The highest BCUT2D eigenvalue weighted by Crippen LogP contribution is 2.21. The second-order valence-corrected chi connectivity index (χ2v) is 5.71. The van der Waals surface area contributed by atoms with Crippen LogP contribution in [0.25, 0.3) is 0 Å². The van der Waals surface area contributed by atoms with E-state index in [1.807, 2.05) is 6.07 Å². The molecule has 0 aliphatic heterocycles. The highest BCUT2D eigenvalue weighted by atomic mass is 16.2. The number of hydrogen-bond donors (Lipinski definition) is 2. The molecule has 1 amide bonds. The van der Waals surface area contributed by atoms with E-state index in [1.54, 1.807) is 0 Å². The topological polar surface area (TPSA) is 57.8 Å². The Morgan fingerprint density at radius 2 is 2.19 bits per heavy atom. The number of carbonyl (C=O) groups excluding carboxylic acids is 1. The standard InChI is InChI=1S/C17H21N3O/c1-2-5-15-11-16(20-19-15)17(21)18-14-9-8-12-6-3-4-7-13(12)10-14/h3-4,6-7,11,14H,2,5,8-10H2,1H3,(H,18,21)(H,19,20)/t14-/m0/s1. The van der Waals surface area contributed by atoms with E-state index in [0.717, 1.165) is 37.8 Å². The maximum Gasteiger partial charge on any atom is 0.272 e. The lowest BCUT2D eigenvalue weighted by molar-refractivity contribution is 0.0928. The van der Waals surface area contributed by atoms with Crippen LogP contribution in [0.5, 0.6) is 0 Å². The Balaban J connectivity index is 1.63. The first-order valence-corrected chi connectivity index (χ1v) is 7.68. The van der Waals surface area contributed by atoms with Crippen LogP contribution in [0, 0.1) is 0 Å². The van der Waals surface area contributed by atoms with Gasteiger partial charge < -0.3 is 5.32 Å². The number of aromatic amines is 1. The van der Waals surface area contributed by atoms with Crippen molar-refractivity contribution in [2.45, 2.75) is 45.1 Å². The van der Waals surface area contributed by atoms with Gasteiger partial charge in [-0.2, -0.15) is 5.10 Å². The Bertz CT molecular complexity index is 632. The molecule has 2 aromatic rings. The van der Waals surface area contributed by atoms with Crippen molar-refractivity contribution in [3.63, 3.8) is 0 Å². The molecule has 1 aliphatic rings. The first-order chi connectivity index (χ1) is 10.3. The molecule has 110 valence electrons. The number of benzene rings is 1. The molecule has 1 aromatic heterocycles. The molecule has 3 rings (SSSR count). The Hall–Kier alpha value is -2.10. The molecule has 1 aliphatic carbocycles. The van der Waals surface area contributed by atoms with Crippen LogP contribution in [0.3, 0.4) is 0 Å². The van der Waals surface area contributed by atoms with E-state index >= 15 is 0 Å². The first kappa shape index (κ1) is 13.9. The predicted molar refractivity (Wildman–Crippen MR) is 82.3 cm³/mol. The number of carbonyl (C=O) groups is 1. The summed E-state index contributed by atoms with van der Waals surface area (Å²) in [4.78, 5) is 12.2. The van der Waals surface area contributed by atoms with Crippen molar-refractivity contribution in [3.05, 3.63) is 52.8 Å². The molecule has 0 spiro atoms. The molecule has 4 nitrogen and oxygen atoms in total. The normalized spacial score (nSPS) is 17.3. The van der Waals surface area contributed by atoms with Gasteiger partial charge in [0.25, 0.3) is 5.91 Å². The van der Waals surface area contributed by atoms with Crippen molar-refractivity contribution in [3.8, 4) is 0 Å². The Morgan fingerprint density at radius 3 is 3.00 bits per heavy atom. The van der Waals surface area contributed by atoms with Crippen LogP contribution in [0.2, 0.25) is 0 Å². The maximum atomic E-state index is 12.2. The van der Waals surface area contributed by atoms with E-state index in [2.05, 4.69) is 46.7 Å². The second-order valence-electron chi connectivity index (χ2n) is 5.71. The van der Waals surface area contributed by atoms with Crippen LogP contribution >= 0.6 is 0 Å². The number of aromatic nitrogens is 2. The van der Waals surface area contributed by atoms with Gasteiger partial charge in [-0.1, -0.05) is 37.6 Å². The minimum absolute atomic E-state index is 0.0713. The summed E-state index contributed by atoms with van der Waals surface area (Å²) in [7, 11) is 0. The van der Waals surface area contributed by atoms with Crippen molar-refractivity contribution in [1.82, 2.24) is 15.5 Å². The molecule has 1 heterocycles. The molecule has 0 saturated carbocycles. The summed E-state index contributed by atoms with van der Waals surface area (Å²) in [6.45, 7) is 2.11. The monoisotopic (exact) mass is 283 g/mol. The summed E-state index contributed by atoms with van der Waals surface area (Å²) in [5.41, 5.74) is 4.28. The SMILES string of the molecule is CCCc1cc(C(=O)N[C@H]2CCc3ccccc3C2)n[nH]1. The largest absolute Gasteiger partial charge is 0.348 e. The molecule has 0 fully saturated rings. The van der Waals surface area contributed by atoms with Crippen molar-refractivity contribution >= 4 is 5.91 Å². The Morgan fingerprint density at radius 1 is 1.38 bits per heavy atom. The number of nitrogens with one attached hydrogen (secondary N) is 2. The summed E-state index contributed by atoms with van der Waals surface area (Å²) in [6.07, 6.45) is 4.91. The average molecular weight is 283 g/mol. The second kappa shape index (κ2) is 6.12. The summed E-state index contributed by atoms with van der Waals surface area (Å²) in [5.74, 6) is -0.0713. The fraction of sp³-hybridized carbons (Fsp3) is 0.412. The van der Waals surface area contributed by atoms with Gasteiger partial charge in [-0.3, -0.25) is 9.89 Å². The quantitative estimate of drug-likeness (QED) is 0.906. The molecular weight excluding hydrogens is 262 g/mol. The van der Waals surface area contributed by atoms with Gasteiger partial charge in [0.2, 0.25) is 0 Å². The van der Waals surface area contributed by atoms with Gasteiger partial charge >= 0.3 is 0 Å². The van der Waals surface area contributed by atoms with Crippen molar-refractivity contribution in [1.29, 1.82) is 0 Å². The lowest BCUT2D eigenvalue weighted by Crippen LogP contribution is -2.39. The van der Waals surface area contributed by atoms with Gasteiger partial charge in [0.05, 0.1) is 0 Å². The number of hydrogen-bond acceptors (Lipinski definition) is 2. The molecular formula is C17H21N3O. The minimum atomic E-state index is -0.0713. The van der Waals surface area contributed by atoms with Gasteiger partial charge in [0.1, 0.15) is 5.69 Å². The van der Waals surface area contributed by atoms with Crippen LogP contribution in [0.4, 0.5) is 0 Å². The number of amides is 1. The summed E-state index contributed by atoms with van der Waals surface area (Å²) >= 11 is 0. The predicted octanol–water partition coefficient (Wildman–Crippen LogP) is 2.65. The van der Waals surface area contributed by atoms with E-state index in [0.29, 0.717) is 5.69 Å². The lowest BCUT2D eigenvalue weighted by atomic mass is 9.88. The lowest BCUT2D eigenvalue weighted by Gasteiger charge is -2.25. The fourth-order valence-electron chi connectivity index (χ4n) is 2.96. The third-order valence-corrected chi connectivity index (χ3v) is 4.06. The van der Waals surface area contributed by atoms with Crippen LogP contribution in [0.15, 0.2) is 30.3 Å². The number of nitrogens with zero attached hydrogens (tertiary/aromatic N) is 1. The van der Waals surface area contributed by atoms with Gasteiger partial charge in [0.15, 0.2) is 0 Å². The van der Waals surface area contributed by atoms with Crippen LogP contribution in [-0.2, 0) is 19.3 Å². The highest BCUT2D eigenvalue weighted by molar-refractivity contribution is 5.92. The molecule has 0 unspecified atom stereocenters. The molecule has 0 radical (unpaired) electrons. The van der Waals surface area contributed by atoms with Crippen molar-refractivity contribution in [2.24, 2.45) is 0 Å². The summed E-state index contributed by atoms with van der Waals surface area (Å²) in [5, 5.41) is 10.1. The number of fused-ring (bicyclic) bond motifs is 1. The Labute approximate surface area is 125 Å². The Kier molecular flexibility index (Phi) is 4.04. The van der Waals surface area contributed by atoms with Gasteiger partial charge in [-0.15, -0.1) is 0 Å². The average Bonchev–Trinajstić information content (AvgIpc) is 2.96. The van der Waals surface area contributed by atoms with E-state index in [4.69, 9.17) is 0 Å². The summed E-state index contributed by atoms with van der Waals surface area (Å²) in [6, 6.07) is 10.5. The van der Waals surface area contributed by atoms with E-state index in [9.17, 15) is 4.79 Å². The molecule has 2 N–H and O–H groups in total. The number of H-pyrrole nitrogens is 1. The van der Waals surface area contributed by atoms with Crippen LogP contribution in [0.1, 0.15) is 47.1 Å².